The molecule has 1 amide bonds. The number of hydrogen-bond acceptors (Lipinski definition) is 5. The molecule has 0 aromatic heterocycles. The van der Waals surface area contributed by atoms with Crippen LogP contribution in [0.1, 0.15) is 24.0 Å². The molecule has 23 heavy (non-hydrogen) atoms. The minimum atomic E-state index is -0.383. The van der Waals surface area contributed by atoms with Gasteiger partial charge in [-0.05, 0) is 24.0 Å². The second kappa shape index (κ2) is 8.93. The number of carbonyl (C=O) groups excluding carboxylic acids is 1. The Balaban J connectivity index is 1.82. The average Bonchev–Trinajstić information content (AvgIpc) is 3.10. The number of carbonyl (C=O) groups is 1. The van der Waals surface area contributed by atoms with Crippen molar-refractivity contribution in [2.45, 2.75) is 32.0 Å². The number of benzene rings is 1. The highest BCUT2D eigenvalue weighted by Gasteiger charge is 2.17. The molecule has 1 aromatic rings. The lowest BCUT2D eigenvalue weighted by molar-refractivity contribution is -0.117. The Morgan fingerprint density at radius 2 is 2.30 bits per heavy atom. The van der Waals surface area contributed by atoms with Gasteiger partial charge in [-0.25, -0.2) is 0 Å². The molecule has 0 saturated carbocycles. The van der Waals surface area contributed by atoms with Crippen LogP contribution in [0.3, 0.4) is 0 Å². The maximum absolute atomic E-state index is 12.0. The monoisotopic (exact) mass is 314 g/mol. The molecule has 1 fully saturated rings. The largest absolute Gasteiger partial charge is 0.386 e. The third-order valence-corrected chi connectivity index (χ3v) is 3.66. The molecule has 0 bridgehead atoms. The van der Waals surface area contributed by atoms with Crippen LogP contribution in [0.5, 0.6) is 0 Å². The van der Waals surface area contributed by atoms with Crippen LogP contribution < -0.4 is 16.4 Å². The second-order valence-corrected chi connectivity index (χ2v) is 5.42. The summed E-state index contributed by atoms with van der Waals surface area (Å²) in [4.78, 5) is 12.0. The molecule has 6 nitrogen and oxygen atoms in total. The van der Waals surface area contributed by atoms with E-state index in [0.717, 1.165) is 30.6 Å². The molecule has 4 N–H and O–H groups in total. The van der Waals surface area contributed by atoms with E-state index >= 15 is 0 Å². The molecule has 0 radical (unpaired) electrons. The maximum atomic E-state index is 12.0. The first kappa shape index (κ1) is 17.0. The Morgan fingerprint density at radius 3 is 3.00 bits per heavy atom. The fraction of sp³-hybridized carbons (Fsp3) is 0.412. The first-order chi connectivity index (χ1) is 11.2. The number of rotatable bonds is 7. The molecule has 1 atom stereocenters. The third kappa shape index (κ3) is 5.40. The van der Waals surface area contributed by atoms with E-state index in [1.807, 2.05) is 30.3 Å². The summed E-state index contributed by atoms with van der Waals surface area (Å²) < 4.78 is 5.43. The summed E-state index contributed by atoms with van der Waals surface area (Å²) in [7, 11) is 0. The highest BCUT2D eigenvalue weighted by molar-refractivity contribution is 5.97. The number of nitrogens with zero attached hydrogens (tertiary/aromatic N) is 1. The van der Waals surface area contributed by atoms with Crippen molar-refractivity contribution in [3.05, 3.63) is 47.2 Å². The van der Waals surface area contributed by atoms with Crippen molar-refractivity contribution >= 4 is 5.91 Å². The Hall–Kier alpha value is -2.36. The van der Waals surface area contributed by atoms with Crippen molar-refractivity contribution in [3.8, 4) is 6.07 Å². The molecular formula is C17H22N4O2. The third-order valence-electron chi connectivity index (χ3n) is 3.66. The highest BCUT2D eigenvalue weighted by atomic mass is 16.5. The molecule has 6 heteroatoms. The van der Waals surface area contributed by atoms with Gasteiger partial charge in [-0.15, -0.1) is 0 Å². The minimum Gasteiger partial charge on any atom is -0.386 e. The molecule has 1 heterocycles. The summed E-state index contributed by atoms with van der Waals surface area (Å²) in [6.45, 7) is 2.19. The first-order valence-corrected chi connectivity index (χ1v) is 7.74. The summed E-state index contributed by atoms with van der Waals surface area (Å²) in [6.07, 6.45) is 3.47. The van der Waals surface area contributed by atoms with Gasteiger partial charge >= 0.3 is 0 Å². The summed E-state index contributed by atoms with van der Waals surface area (Å²) in [5, 5.41) is 14.8. The first-order valence-electron chi connectivity index (χ1n) is 7.74. The number of ether oxygens (including phenoxy) is 1. The van der Waals surface area contributed by atoms with Gasteiger partial charge in [-0.1, -0.05) is 24.3 Å². The van der Waals surface area contributed by atoms with Gasteiger partial charge in [-0.3, -0.25) is 4.79 Å². The van der Waals surface area contributed by atoms with Crippen molar-refractivity contribution in [1.29, 1.82) is 5.26 Å². The van der Waals surface area contributed by atoms with E-state index in [1.165, 1.54) is 6.20 Å². The highest BCUT2D eigenvalue weighted by Crippen LogP contribution is 2.10. The molecule has 2 rings (SSSR count). The lowest BCUT2D eigenvalue weighted by Gasteiger charge is -2.10. The fourth-order valence-corrected chi connectivity index (χ4v) is 2.39. The molecule has 0 aliphatic carbocycles. The van der Waals surface area contributed by atoms with Crippen LogP contribution in [-0.4, -0.2) is 25.2 Å². The zero-order valence-corrected chi connectivity index (χ0v) is 13.0. The number of nitriles is 1. The zero-order valence-electron chi connectivity index (χ0n) is 13.0. The number of nitrogens with one attached hydrogen (secondary N) is 2. The van der Waals surface area contributed by atoms with Gasteiger partial charge in [0.25, 0.3) is 5.91 Å². The smallest absolute Gasteiger partial charge is 0.263 e. The van der Waals surface area contributed by atoms with E-state index in [0.29, 0.717) is 19.6 Å². The van der Waals surface area contributed by atoms with Gasteiger partial charge in [-0.2, -0.15) is 5.26 Å². The Labute approximate surface area is 136 Å². The second-order valence-electron chi connectivity index (χ2n) is 5.42. The Kier molecular flexibility index (Phi) is 6.60. The predicted molar refractivity (Wildman–Crippen MR) is 86.9 cm³/mol. The standard InChI is InChI=1S/C17H22N4O2/c18-8-13-3-1-4-14(7-13)10-20-11-15(9-19)17(22)21-12-16-5-2-6-23-16/h1,3-4,7,11,16,20H,2,5-6,8,10,12,18H2,(H,21,22)/b15-11-. The van der Waals surface area contributed by atoms with Gasteiger partial charge in [0, 0.05) is 32.4 Å². The number of amides is 1. The normalized spacial score (nSPS) is 17.6. The molecule has 1 aliphatic rings. The predicted octanol–water partition coefficient (Wildman–Crippen LogP) is 0.938. The van der Waals surface area contributed by atoms with Crippen LogP contribution in [0.15, 0.2) is 36.0 Å². The molecule has 1 unspecified atom stereocenters. The van der Waals surface area contributed by atoms with Crippen LogP contribution >= 0.6 is 0 Å². The van der Waals surface area contributed by atoms with Gasteiger partial charge in [0.05, 0.1) is 6.10 Å². The van der Waals surface area contributed by atoms with Crippen molar-refractivity contribution in [2.75, 3.05) is 13.2 Å². The quantitative estimate of drug-likeness (QED) is 0.514. The summed E-state index contributed by atoms with van der Waals surface area (Å²) in [5.74, 6) is -0.383. The summed E-state index contributed by atoms with van der Waals surface area (Å²) in [6, 6.07) is 9.75. The molecule has 1 aromatic carbocycles. The minimum absolute atomic E-state index is 0.0537. The maximum Gasteiger partial charge on any atom is 0.263 e. The van der Waals surface area contributed by atoms with Crippen LogP contribution in [-0.2, 0) is 22.6 Å². The van der Waals surface area contributed by atoms with Gasteiger partial charge in [0.2, 0.25) is 0 Å². The SMILES string of the molecule is N#C/C(=C/NCc1cccc(CN)c1)C(=O)NCC1CCCO1. The summed E-state index contributed by atoms with van der Waals surface area (Å²) >= 11 is 0. The van der Waals surface area contributed by atoms with Crippen LogP contribution in [0.2, 0.25) is 0 Å². The van der Waals surface area contributed by atoms with Crippen molar-refractivity contribution in [3.63, 3.8) is 0 Å². The number of hydrogen-bond donors (Lipinski definition) is 3. The molecule has 122 valence electrons. The van der Waals surface area contributed by atoms with E-state index in [9.17, 15) is 4.79 Å². The Bertz CT molecular complexity index is 601. The molecule has 1 saturated heterocycles. The van der Waals surface area contributed by atoms with Crippen molar-refractivity contribution in [1.82, 2.24) is 10.6 Å². The number of nitrogens with two attached hydrogens (primary N) is 1. The van der Waals surface area contributed by atoms with Crippen LogP contribution in [0, 0.1) is 11.3 Å². The van der Waals surface area contributed by atoms with Gasteiger partial charge in [0.1, 0.15) is 11.6 Å². The Morgan fingerprint density at radius 1 is 1.48 bits per heavy atom. The zero-order chi connectivity index (χ0) is 16.5. The van der Waals surface area contributed by atoms with Gasteiger partial charge in [0.15, 0.2) is 0 Å². The van der Waals surface area contributed by atoms with Crippen molar-refractivity contribution in [2.24, 2.45) is 5.73 Å². The van der Waals surface area contributed by atoms with E-state index in [-0.39, 0.29) is 17.6 Å². The van der Waals surface area contributed by atoms with Gasteiger partial charge < -0.3 is 21.1 Å². The van der Waals surface area contributed by atoms with E-state index in [1.54, 1.807) is 0 Å². The average molecular weight is 314 g/mol. The van der Waals surface area contributed by atoms with Crippen LogP contribution in [0.4, 0.5) is 0 Å². The lowest BCUT2D eigenvalue weighted by Crippen LogP contribution is -2.32. The molecular weight excluding hydrogens is 292 g/mol. The van der Waals surface area contributed by atoms with Crippen LogP contribution in [0.25, 0.3) is 0 Å². The lowest BCUT2D eigenvalue weighted by atomic mass is 10.1. The topological polar surface area (TPSA) is 100 Å². The van der Waals surface area contributed by atoms with E-state index in [2.05, 4.69) is 10.6 Å². The molecule has 0 spiro atoms. The fourth-order valence-electron chi connectivity index (χ4n) is 2.39. The van der Waals surface area contributed by atoms with E-state index < -0.39 is 0 Å². The molecule has 1 aliphatic heterocycles. The van der Waals surface area contributed by atoms with Crippen molar-refractivity contribution < 1.29 is 9.53 Å². The summed E-state index contributed by atoms with van der Waals surface area (Å²) in [5.41, 5.74) is 7.74. The van der Waals surface area contributed by atoms with E-state index in [4.69, 9.17) is 15.7 Å².